The van der Waals surface area contributed by atoms with Crippen molar-refractivity contribution in [3.63, 3.8) is 0 Å². The predicted octanol–water partition coefficient (Wildman–Crippen LogP) is 4.45. The minimum atomic E-state index is -2.08. The van der Waals surface area contributed by atoms with E-state index in [1.165, 1.54) is 14.2 Å². The van der Waals surface area contributed by atoms with Crippen molar-refractivity contribution in [2.75, 3.05) is 26.2 Å². The van der Waals surface area contributed by atoms with Crippen LogP contribution in [-0.4, -0.2) is 53.7 Å². The Labute approximate surface area is 197 Å². The lowest BCUT2D eigenvalue weighted by atomic mass is 9.78. The molecule has 0 aromatic heterocycles. The van der Waals surface area contributed by atoms with Gasteiger partial charge < -0.3 is 23.5 Å². The lowest BCUT2D eigenvalue weighted by Crippen LogP contribution is -2.69. The third-order valence-electron chi connectivity index (χ3n) is 6.92. The van der Waals surface area contributed by atoms with E-state index in [0.29, 0.717) is 23.4 Å². The fourth-order valence-electron chi connectivity index (χ4n) is 4.00. The summed E-state index contributed by atoms with van der Waals surface area (Å²) in [6.45, 7) is 10.9. The van der Waals surface area contributed by atoms with Crippen molar-refractivity contribution in [2.24, 2.45) is 5.92 Å². The molecule has 1 aromatic rings. The monoisotopic (exact) mass is 473 g/mol. The van der Waals surface area contributed by atoms with Gasteiger partial charge in [-0.3, -0.25) is 4.79 Å². The van der Waals surface area contributed by atoms with Crippen LogP contribution in [-0.2, 0) is 23.5 Å². The van der Waals surface area contributed by atoms with Crippen molar-refractivity contribution in [1.82, 2.24) is 0 Å². The second kappa shape index (κ2) is 9.35. The van der Waals surface area contributed by atoms with Gasteiger partial charge in [-0.1, -0.05) is 26.8 Å². The second-order valence-corrected chi connectivity index (χ2v) is 14.7. The van der Waals surface area contributed by atoms with Crippen LogP contribution in [0.5, 0.6) is 5.75 Å². The normalized spacial score (nSPS) is 23.3. The lowest BCUT2D eigenvalue weighted by Gasteiger charge is -2.50. The summed E-state index contributed by atoms with van der Waals surface area (Å²) < 4.78 is 22.4. The summed E-state index contributed by atoms with van der Waals surface area (Å²) in [6, 6.07) is 6.87. The number of anilines is 1. The van der Waals surface area contributed by atoms with Crippen LogP contribution >= 0.6 is 0 Å². The van der Waals surface area contributed by atoms with Gasteiger partial charge in [-0.15, -0.1) is 0 Å². The van der Waals surface area contributed by atoms with Gasteiger partial charge in [0.05, 0.1) is 26.0 Å². The number of benzene rings is 1. The van der Waals surface area contributed by atoms with Crippen molar-refractivity contribution in [3.05, 3.63) is 47.7 Å². The number of rotatable bonds is 7. The summed E-state index contributed by atoms with van der Waals surface area (Å²) in [5, 5.41) is 0.0340. The Bertz CT molecular complexity index is 960. The molecular weight excluding hydrogens is 438 g/mol. The summed E-state index contributed by atoms with van der Waals surface area (Å²) in [4.78, 5) is 27.3. The molecule has 180 valence electrons. The van der Waals surface area contributed by atoms with Gasteiger partial charge in [0.15, 0.2) is 6.10 Å². The quantitative estimate of drug-likeness (QED) is 0.331. The van der Waals surface area contributed by atoms with Crippen LogP contribution in [0.15, 0.2) is 47.7 Å². The van der Waals surface area contributed by atoms with Crippen LogP contribution in [0, 0.1) is 5.92 Å². The molecule has 0 unspecified atom stereocenters. The van der Waals surface area contributed by atoms with E-state index < -0.39 is 32.4 Å². The van der Waals surface area contributed by atoms with Crippen LogP contribution in [0.2, 0.25) is 18.1 Å². The number of amides is 1. The van der Waals surface area contributed by atoms with E-state index in [9.17, 15) is 9.59 Å². The molecule has 0 saturated carbocycles. The van der Waals surface area contributed by atoms with Crippen molar-refractivity contribution in [1.29, 1.82) is 0 Å². The van der Waals surface area contributed by atoms with E-state index in [2.05, 4.69) is 33.9 Å². The number of ether oxygens (including phenoxy) is 3. The van der Waals surface area contributed by atoms with E-state index in [-0.39, 0.29) is 10.9 Å². The zero-order chi connectivity index (χ0) is 24.6. The summed E-state index contributed by atoms with van der Waals surface area (Å²) in [5.41, 5.74) is 1.23. The van der Waals surface area contributed by atoms with Gasteiger partial charge in [0, 0.05) is 30.7 Å². The third-order valence-corrected chi connectivity index (χ3v) is 11.3. The number of carbonyl (C=O) groups is 2. The average Bonchev–Trinajstić information content (AvgIpc) is 2.76. The van der Waals surface area contributed by atoms with E-state index in [1.54, 1.807) is 24.1 Å². The Morgan fingerprint density at radius 2 is 1.73 bits per heavy atom. The molecule has 1 aliphatic heterocycles. The van der Waals surface area contributed by atoms with Crippen molar-refractivity contribution >= 4 is 25.9 Å². The Balaban J connectivity index is 2.00. The van der Waals surface area contributed by atoms with Gasteiger partial charge in [-0.25, -0.2) is 4.79 Å². The Kier molecular flexibility index (Phi) is 7.09. The molecule has 1 aromatic carbocycles. The maximum Gasteiger partial charge on any atom is 0.334 e. The molecule has 8 heteroatoms. The summed E-state index contributed by atoms with van der Waals surface area (Å²) in [5.74, 6) is 0.539. The number of hydrogen-bond donors (Lipinski definition) is 0. The minimum Gasteiger partial charge on any atom is -0.546 e. The molecule has 2 aliphatic rings. The zero-order valence-electron chi connectivity index (χ0n) is 20.8. The van der Waals surface area contributed by atoms with E-state index >= 15 is 0 Å². The van der Waals surface area contributed by atoms with Crippen molar-refractivity contribution < 1.29 is 28.2 Å². The maximum atomic E-state index is 13.0. The van der Waals surface area contributed by atoms with Crippen LogP contribution in [0.25, 0.3) is 0 Å². The van der Waals surface area contributed by atoms with Gasteiger partial charge >= 0.3 is 5.97 Å². The molecular formula is C25H35NO6Si. The molecule has 1 amide bonds. The Morgan fingerprint density at radius 3 is 2.24 bits per heavy atom. The average molecular weight is 474 g/mol. The molecule has 1 aliphatic carbocycles. The summed E-state index contributed by atoms with van der Waals surface area (Å²) in [7, 11) is 2.40. The van der Waals surface area contributed by atoms with Crippen LogP contribution in [0.1, 0.15) is 27.2 Å². The van der Waals surface area contributed by atoms with E-state index in [0.717, 1.165) is 5.76 Å². The molecule has 1 saturated heterocycles. The topological polar surface area (TPSA) is 74.3 Å². The smallest absolute Gasteiger partial charge is 0.334 e. The SMILES string of the molecule is COC(=O)C1=CCC(O[Si](C)(C)C(C)(C)C)=C[C@@H]1[C@H]1[C@@H](OC)C(=O)N1c1ccc(OC)cc1. The van der Waals surface area contributed by atoms with Crippen LogP contribution in [0.3, 0.4) is 0 Å². The molecule has 1 heterocycles. The molecule has 1 fully saturated rings. The molecule has 3 atom stereocenters. The molecule has 0 bridgehead atoms. The van der Waals surface area contributed by atoms with Crippen LogP contribution < -0.4 is 9.64 Å². The molecule has 33 heavy (non-hydrogen) atoms. The second-order valence-electron chi connectivity index (χ2n) is 9.93. The molecule has 7 nitrogen and oxygen atoms in total. The van der Waals surface area contributed by atoms with Crippen molar-refractivity contribution in [3.8, 4) is 5.75 Å². The number of esters is 1. The van der Waals surface area contributed by atoms with Crippen molar-refractivity contribution in [2.45, 2.75) is 57.5 Å². The summed E-state index contributed by atoms with van der Waals surface area (Å²) in [6.07, 6.45) is 3.68. The molecule has 3 rings (SSSR count). The maximum absolute atomic E-state index is 13.0. The highest BCUT2D eigenvalue weighted by Gasteiger charge is 2.54. The Hall–Kier alpha value is -2.58. The largest absolute Gasteiger partial charge is 0.546 e. The van der Waals surface area contributed by atoms with Gasteiger partial charge in [-0.2, -0.15) is 0 Å². The first-order valence-corrected chi connectivity index (χ1v) is 14.0. The van der Waals surface area contributed by atoms with Gasteiger partial charge in [0.2, 0.25) is 8.32 Å². The highest BCUT2D eigenvalue weighted by molar-refractivity contribution is 6.74. The lowest BCUT2D eigenvalue weighted by molar-refractivity contribution is -0.142. The van der Waals surface area contributed by atoms with Gasteiger partial charge in [0.1, 0.15) is 5.75 Å². The highest BCUT2D eigenvalue weighted by atomic mass is 28.4. The standard InChI is InChI=1S/C25H35NO6Si/c1-25(2,3)33(7,8)32-18-13-14-19(24(28)31-6)20(15-18)21-22(30-5)23(27)26(21)16-9-11-17(29-4)12-10-16/h9-12,14-15,20-22H,13H2,1-8H3/t20-,21-,22+/m0/s1. The first-order chi connectivity index (χ1) is 15.4. The zero-order valence-corrected chi connectivity index (χ0v) is 21.8. The number of β-lactam (4-membered cyclic amide) rings is 1. The predicted molar refractivity (Wildman–Crippen MR) is 130 cm³/mol. The molecule has 0 radical (unpaired) electrons. The van der Waals surface area contributed by atoms with Gasteiger partial charge in [-0.05, 0) is 48.5 Å². The third kappa shape index (κ3) is 4.72. The molecule has 0 N–H and O–H groups in total. The number of methoxy groups -OCH3 is 3. The molecule has 0 spiro atoms. The Morgan fingerprint density at radius 1 is 1.09 bits per heavy atom. The number of carbonyl (C=O) groups excluding carboxylic acids is 2. The number of nitrogens with zero attached hydrogens (tertiary/aromatic N) is 1. The number of hydrogen-bond acceptors (Lipinski definition) is 6. The fourth-order valence-corrected chi connectivity index (χ4v) is 5.11. The van der Waals surface area contributed by atoms with Crippen LogP contribution in [0.4, 0.5) is 5.69 Å². The summed E-state index contributed by atoms with van der Waals surface area (Å²) >= 11 is 0. The number of allylic oxidation sites excluding steroid dienone is 1. The fraction of sp³-hybridized carbons (Fsp3) is 0.520. The first-order valence-electron chi connectivity index (χ1n) is 11.1. The van der Waals surface area contributed by atoms with E-state index in [4.69, 9.17) is 18.6 Å². The van der Waals surface area contributed by atoms with Gasteiger partial charge in [0.25, 0.3) is 5.91 Å². The minimum absolute atomic E-state index is 0.0340. The van der Waals surface area contributed by atoms with E-state index in [1.807, 2.05) is 24.3 Å². The first kappa shape index (κ1) is 25.0. The highest BCUT2D eigenvalue weighted by Crippen LogP contribution is 2.43.